The van der Waals surface area contributed by atoms with Crippen LogP contribution in [0.5, 0.6) is 0 Å². The Balaban J connectivity index is 1.58. The summed E-state index contributed by atoms with van der Waals surface area (Å²) in [5.41, 5.74) is -1.65. The van der Waals surface area contributed by atoms with E-state index in [0.717, 1.165) is 0 Å². The maximum Gasteiger partial charge on any atom is 0.410 e. The van der Waals surface area contributed by atoms with Crippen LogP contribution in [0.4, 0.5) is 4.79 Å². The van der Waals surface area contributed by atoms with Crippen molar-refractivity contribution in [2.24, 2.45) is 5.92 Å². The van der Waals surface area contributed by atoms with Crippen molar-refractivity contribution < 1.29 is 27.5 Å². The Morgan fingerprint density at radius 1 is 1.12 bits per heavy atom. The Morgan fingerprint density at radius 2 is 1.71 bits per heavy atom. The molecule has 0 radical (unpaired) electrons. The molecule has 8 nitrogen and oxygen atoms in total. The molecule has 0 unspecified atom stereocenters. The number of likely N-dealkylation sites (tertiary alicyclic amines) is 1. The summed E-state index contributed by atoms with van der Waals surface area (Å²) in [6, 6.07) is 4.96. The number of morpholine rings is 1. The summed E-state index contributed by atoms with van der Waals surface area (Å²) in [5.74, 6) is 0.124. The van der Waals surface area contributed by atoms with Gasteiger partial charge in [0.05, 0.1) is 29.2 Å². The summed E-state index contributed by atoms with van der Waals surface area (Å²) in [5, 5.41) is 0.451. The van der Waals surface area contributed by atoms with Crippen LogP contribution in [-0.4, -0.2) is 72.5 Å². The Kier molecular flexibility index (Phi) is 6.78. The molecule has 1 amide bonds. The molecule has 1 saturated carbocycles. The first kappa shape index (κ1) is 25.4. The molecule has 2 heterocycles. The van der Waals surface area contributed by atoms with Gasteiger partial charge in [0.1, 0.15) is 11.4 Å². The van der Waals surface area contributed by atoms with Crippen LogP contribution in [0.25, 0.3) is 0 Å². The number of nitrogens with zero attached hydrogens (tertiary/aromatic N) is 2. The molecule has 0 spiro atoms. The first-order valence-electron chi connectivity index (χ1n) is 11.8. The zero-order valence-corrected chi connectivity index (χ0v) is 21.7. The number of carbonyl (C=O) groups excluding carboxylic acids is 2. The van der Waals surface area contributed by atoms with Crippen LogP contribution in [0.3, 0.4) is 0 Å². The third kappa shape index (κ3) is 4.72. The topological polar surface area (TPSA) is 93.2 Å². The molecule has 1 aromatic carbocycles. The minimum atomic E-state index is -3.92. The second kappa shape index (κ2) is 9.08. The minimum absolute atomic E-state index is 0.0197. The predicted molar refractivity (Wildman–Crippen MR) is 127 cm³/mol. The maximum atomic E-state index is 13.8. The number of sulfonamides is 1. The predicted octanol–water partition coefficient (Wildman–Crippen LogP) is 3.87. The highest BCUT2D eigenvalue weighted by atomic mass is 35.5. The van der Waals surface area contributed by atoms with Gasteiger partial charge in [0.25, 0.3) is 0 Å². The highest BCUT2D eigenvalue weighted by Crippen LogP contribution is 2.49. The molecular formula is C24H33ClN2O6S. The van der Waals surface area contributed by atoms with Gasteiger partial charge >= 0.3 is 6.09 Å². The van der Waals surface area contributed by atoms with Crippen molar-refractivity contribution in [3.05, 3.63) is 29.3 Å². The zero-order valence-electron chi connectivity index (χ0n) is 20.1. The average Bonchev–Trinajstić information content (AvgIpc) is 3.56. The Bertz CT molecular complexity index is 1050. The van der Waals surface area contributed by atoms with Crippen molar-refractivity contribution in [2.45, 2.75) is 81.6 Å². The molecule has 3 fully saturated rings. The molecule has 188 valence electrons. The number of ether oxygens (including phenoxy) is 2. The number of halogens is 1. The lowest BCUT2D eigenvalue weighted by atomic mass is 9.93. The molecule has 34 heavy (non-hydrogen) atoms. The van der Waals surface area contributed by atoms with Crippen LogP contribution in [0.1, 0.15) is 53.4 Å². The Morgan fingerprint density at radius 3 is 2.24 bits per heavy atom. The van der Waals surface area contributed by atoms with E-state index in [0.29, 0.717) is 43.8 Å². The number of carbonyl (C=O) groups is 2. The van der Waals surface area contributed by atoms with E-state index in [1.54, 1.807) is 24.0 Å². The molecule has 2 atom stereocenters. The van der Waals surface area contributed by atoms with Crippen molar-refractivity contribution in [3.63, 3.8) is 0 Å². The molecule has 1 aromatic rings. The summed E-state index contributed by atoms with van der Waals surface area (Å²) in [4.78, 5) is 26.5. The minimum Gasteiger partial charge on any atom is -0.441 e. The molecule has 4 rings (SSSR count). The second-order valence-electron chi connectivity index (χ2n) is 10.2. The van der Waals surface area contributed by atoms with E-state index in [4.69, 9.17) is 21.1 Å². The third-order valence-electron chi connectivity index (χ3n) is 7.67. The van der Waals surface area contributed by atoms with Gasteiger partial charge in [0.2, 0.25) is 10.0 Å². The van der Waals surface area contributed by atoms with Gasteiger partial charge in [0, 0.05) is 24.0 Å². The van der Waals surface area contributed by atoms with E-state index >= 15 is 0 Å². The summed E-state index contributed by atoms with van der Waals surface area (Å²) >= 11 is 5.98. The number of hydrogen-bond acceptors (Lipinski definition) is 6. The van der Waals surface area contributed by atoms with Gasteiger partial charge in [-0.3, -0.25) is 4.79 Å². The van der Waals surface area contributed by atoms with Crippen LogP contribution in [-0.2, 0) is 24.3 Å². The Labute approximate surface area is 206 Å². The third-order valence-corrected chi connectivity index (χ3v) is 9.91. The molecule has 10 heteroatoms. The lowest BCUT2D eigenvalue weighted by Gasteiger charge is -2.50. The lowest BCUT2D eigenvalue weighted by molar-refractivity contribution is -0.148. The first-order valence-corrected chi connectivity index (χ1v) is 13.6. The van der Waals surface area contributed by atoms with Crippen LogP contribution < -0.4 is 0 Å². The summed E-state index contributed by atoms with van der Waals surface area (Å²) < 4.78 is 41.2. The quantitative estimate of drug-likeness (QED) is 0.594. The van der Waals surface area contributed by atoms with Crippen molar-refractivity contribution in [2.75, 3.05) is 19.7 Å². The SMILES string of the molecule is CC(=O)C1CCN(C(=O)OC2([C@H]3COC(C)(C)[C@@H](C)N3S(=O)(=O)c3ccc(Cl)cc3)CC2)CC1. The summed E-state index contributed by atoms with van der Waals surface area (Å²) in [6.07, 6.45) is 1.91. The van der Waals surface area contributed by atoms with Gasteiger partial charge in [-0.25, -0.2) is 13.2 Å². The van der Waals surface area contributed by atoms with Crippen LogP contribution >= 0.6 is 11.6 Å². The zero-order chi connectivity index (χ0) is 24.9. The maximum absolute atomic E-state index is 13.8. The number of Topliss-reactive ketones (excluding diaryl/α,β-unsaturated/α-hetero) is 1. The van der Waals surface area contributed by atoms with E-state index in [-0.39, 0.29) is 23.2 Å². The fourth-order valence-corrected chi connectivity index (χ4v) is 6.99. The van der Waals surface area contributed by atoms with E-state index < -0.39 is 39.4 Å². The Hall–Kier alpha value is -1.68. The van der Waals surface area contributed by atoms with E-state index in [2.05, 4.69) is 0 Å². The molecule has 0 bridgehead atoms. The van der Waals surface area contributed by atoms with Crippen molar-refractivity contribution in [1.29, 1.82) is 0 Å². The van der Waals surface area contributed by atoms with E-state index in [9.17, 15) is 18.0 Å². The van der Waals surface area contributed by atoms with E-state index in [1.807, 2.05) is 20.8 Å². The molecule has 3 aliphatic rings. The fourth-order valence-electron chi connectivity index (χ4n) is 4.89. The number of rotatable bonds is 5. The largest absolute Gasteiger partial charge is 0.441 e. The van der Waals surface area contributed by atoms with Crippen LogP contribution in [0.2, 0.25) is 5.02 Å². The lowest BCUT2D eigenvalue weighted by Crippen LogP contribution is -2.66. The van der Waals surface area contributed by atoms with Crippen molar-refractivity contribution in [1.82, 2.24) is 9.21 Å². The molecule has 0 N–H and O–H groups in total. The molecule has 2 aliphatic heterocycles. The van der Waals surface area contributed by atoms with Gasteiger partial charge in [0.15, 0.2) is 0 Å². The average molecular weight is 513 g/mol. The van der Waals surface area contributed by atoms with Gasteiger partial charge in [-0.05, 0) is 77.6 Å². The van der Waals surface area contributed by atoms with Gasteiger partial charge in [-0.2, -0.15) is 4.31 Å². The van der Waals surface area contributed by atoms with Crippen LogP contribution in [0.15, 0.2) is 29.2 Å². The number of benzene rings is 1. The van der Waals surface area contributed by atoms with E-state index in [1.165, 1.54) is 16.4 Å². The standard InChI is InChI=1S/C24H33ClN2O6S/c1-16(28)18-9-13-26(14-10-18)22(29)33-24(11-12-24)21-15-32-23(3,4)17(2)27(21)34(30,31)20-7-5-19(25)6-8-20/h5-8,17-18,21H,9-15H2,1-4H3/t17-,21-/m1/s1. The molecular weight excluding hydrogens is 480 g/mol. The number of piperidine rings is 1. The molecule has 1 aliphatic carbocycles. The number of ketones is 1. The van der Waals surface area contributed by atoms with Gasteiger partial charge in [-0.1, -0.05) is 11.6 Å². The second-order valence-corrected chi connectivity index (χ2v) is 12.5. The number of amides is 1. The van der Waals surface area contributed by atoms with Gasteiger partial charge in [-0.15, -0.1) is 0 Å². The monoisotopic (exact) mass is 512 g/mol. The summed E-state index contributed by atoms with van der Waals surface area (Å²) in [7, 11) is -3.92. The van der Waals surface area contributed by atoms with Gasteiger partial charge < -0.3 is 14.4 Å². The normalized spacial score (nSPS) is 27.3. The highest BCUT2D eigenvalue weighted by Gasteiger charge is 2.62. The number of hydrogen-bond donors (Lipinski definition) is 0. The molecule has 2 saturated heterocycles. The van der Waals surface area contributed by atoms with Crippen molar-refractivity contribution >= 4 is 33.5 Å². The van der Waals surface area contributed by atoms with Crippen LogP contribution in [0, 0.1) is 5.92 Å². The smallest absolute Gasteiger partial charge is 0.410 e. The first-order chi connectivity index (χ1) is 15.9. The molecule has 0 aromatic heterocycles. The highest BCUT2D eigenvalue weighted by molar-refractivity contribution is 7.89. The summed E-state index contributed by atoms with van der Waals surface area (Å²) in [6.45, 7) is 8.17. The van der Waals surface area contributed by atoms with Crippen molar-refractivity contribution in [3.8, 4) is 0 Å². The fraction of sp³-hybridized carbons (Fsp3) is 0.667.